The van der Waals surface area contributed by atoms with E-state index in [1.54, 1.807) is 0 Å². The van der Waals surface area contributed by atoms with Gasteiger partial charge in [-0.05, 0) is 18.2 Å². The minimum absolute atomic E-state index is 0.0327. The molecule has 3 amide bonds. The van der Waals surface area contributed by atoms with Crippen LogP contribution in [0.25, 0.3) is 0 Å². The van der Waals surface area contributed by atoms with Crippen molar-refractivity contribution in [1.29, 1.82) is 0 Å². The van der Waals surface area contributed by atoms with Crippen molar-refractivity contribution in [1.82, 2.24) is 20.4 Å². The molecule has 4 aliphatic rings. The van der Waals surface area contributed by atoms with Crippen LogP contribution in [0.3, 0.4) is 0 Å². The lowest BCUT2D eigenvalue weighted by Gasteiger charge is -2.46. The second-order valence-corrected chi connectivity index (χ2v) is 9.69. The van der Waals surface area contributed by atoms with Crippen LogP contribution in [0.1, 0.15) is 28.8 Å². The minimum atomic E-state index is -4.77. The van der Waals surface area contributed by atoms with E-state index in [-0.39, 0.29) is 43.6 Å². The molecule has 17 heteroatoms. The smallest absolute Gasteiger partial charge is 0.416 e. The highest BCUT2D eigenvalue weighted by molar-refractivity contribution is 6.02. The van der Waals surface area contributed by atoms with Gasteiger partial charge in [0.05, 0.1) is 25.8 Å². The molecule has 4 heterocycles. The van der Waals surface area contributed by atoms with Crippen LogP contribution in [0.2, 0.25) is 0 Å². The van der Waals surface area contributed by atoms with Gasteiger partial charge in [0.2, 0.25) is 17.6 Å². The number of nitrogens with two attached hydrogens (primary N) is 2. The van der Waals surface area contributed by atoms with Crippen molar-refractivity contribution in [2.75, 3.05) is 20.2 Å². The average Bonchev–Trinajstić information content (AvgIpc) is 3.46. The van der Waals surface area contributed by atoms with Crippen molar-refractivity contribution in [3.63, 3.8) is 0 Å². The van der Waals surface area contributed by atoms with E-state index in [4.69, 9.17) is 16.2 Å². The SMILES string of the molecule is COc1cc(C(=O)NC2CN3C(N)=N[C@@H](CN4C(=O)CCC4=O)[C@@H]4[NH+]=C(N)N[C@@]43C2(O)O)cc(C(F)(F)F)c1. The lowest BCUT2D eigenvalue weighted by Crippen LogP contribution is -2.90. The number of benzene rings is 1. The first kappa shape index (κ1) is 26.5. The fourth-order valence-electron chi connectivity index (χ4n) is 5.59. The zero-order valence-electron chi connectivity index (χ0n) is 20.5. The van der Waals surface area contributed by atoms with Gasteiger partial charge in [0.25, 0.3) is 11.6 Å². The summed E-state index contributed by atoms with van der Waals surface area (Å²) in [6.07, 6.45) is -4.71. The van der Waals surface area contributed by atoms with Gasteiger partial charge in [0.15, 0.2) is 12.0 Å². The molecule has 2 saturated heterocycles. The van der Waals surface area contributed by atoms with Crippen LogP contribution in [-0.2, 0) is 15.8 Å². The third-order valence-corrected chi connectivity index (χ3v) is 7.45. The zero-order chi connectivity index (χ0) is 28.5. The standard InChI is InChI=1S/C22H25F3N8O6/c1-39-11-5-9(4-10(6-11)22(23,24)25)17(36)29-13-8-33-19(27)28-12(7-32-14(34)2-3-15(32)35)16-20(33,21(13,37)38)31-18(26)30-16/h4-6,12-13,16,37-38H,2-3,7-8H2,1H3,(H2,27,28)(H,29,36)(H3,26,30,31)/p+1/t12-,13?,16-,20-/m0/s1. The molecular formula is C22H26F3N8O6+. The Hall–Kier alpha value is -4.12. The number of likely N-dealkylation sites (tertiary alicyclic amines) is 1. The maximum atomic E-state index is 13.4. The Bertz CT molecular complexity index is 1300. The number of hydrogen-bond acceptors (Lipinski definition) is 11. The Morgan fingerprint density at radius 3 is 2.54 bits per heavy atom. The van der Waals surface area contributed by atoms with Crippen LogP contribution >= 0.6 is 0 Å². The third kappa shape index (κ3) is 3.99. The topological polar surface area (TPSA) is 210 Å². The van der Waals surface area contributed by atoms with E-state index in [1.165, 1.54) is 4.90 Å². The molecule has 1 aromatic carbocycles. The van der Waals surface area contributed by atoms with Crippen molar-refractivity contribution < 1.29 is 47.5 Å². The molecular weight excluding hydrogens is 529 g/mol. The van der Waals surface area contributed by atoms with Gasteiger partial charge in [-0.15, -0.1) is 0 Å². The first-order chi connectivity index (χ1) is 18.2. The number of nitrogens with zero attached hydrogens (tertiary/aromatic N) is 3. The number of halogens is 3. The molecule has 2 fully saturated rings. The maximum Gasteiger partial charge on any atom is 0.416 e. The molecule has 0 radical (unpaired) electrons. The molecule has 1 unspecified atom stereocenters. The molecule has 0 saturated carbocycles. The molecule has 210 valence electrons. The van der Waals surface area contributed by atoms with E-state index in [0.29, 0.717) is 6.07 Å². The fourth-order valence-corrected chi connectivity index (χ4v) is 5.59. The molecule has 4 aliphatic heterocycles. The number of aliphatic hydroxyl groups is 2. The Morgan fingerprint density at radius 1 is 1.26 bits per heavy atom. The Kier molecular flexibility index (Phi) is 5.91. The van der Waals surface area contributed by atoms with Crippen LogP contribution in [-0.4, -0.2) is 99.4 Å². The molecule has 0 aliphatic carbocycles. The molecule has 1 spiro atoms. The number of methoxy groups -OCH3 is 1. The number of ether oxygens (including phenoxy) is 1. The van der Waals surface area contributed by atoms with Crippen LogP contribution in [0.15, 0.2) is 23.2 Å². The predicted octanol–water partition coefficient (Wildman–Crippen LogP) is -4.28. The Labute approximate surface area is 218 Å². The number of hydrogen-bond donors (Lipinski definition) is 7. The van der Waals surface area contributed by atoms with Crippen LogP contribution < -0.4 is 31.8 Å². The van der Waals surface area contributed by atoms with Crippen LogP contribution in [0.4, 0.5) is 13.2 Å². The minimum Gasteiger partial charge on any atom is -0.497 e. The number of rotatable bonds is 5. The van der Waals surface area contributed by atoms with E-state index in [0.717, 1.165) is 24.1 Å². The van der Waals surface area contributed by atoms with Gasteiger partial charge in [-0.2, -0.15) is 13.2 Å². The largest absolute Gasteiger partial charge is 0.497 e. The van der Waals surface area contributed by atoms with Gasteiger partial charge >= 0.3 is 12.1 Å². The number of aliphatic imine (C=N–C) groups is 1. The Balaban J connectivity index is 1.46. The molecule has 9 N–H and O–H groups in total. The normalized spacial score (nSPS) is 29.4. The molecule has 0 bridgehead atoms. The van der Waals surface area contributed by atoms with Crippen molar-refractivity contribution in [3.8, 4) is 5.75 Å². The second-order valence-electron chi connectivity index (χ2n) is 9.69. The van der Waals surface area contributed by atoms with E-state index in [1.807, 2.05) is 0 Å². The molecule has 0 aromatic heterocycles. The van der Waals surface area contributed by atoms with Gasteiger partial charge < -0.3 is 26.0 Å². The molecule has 4 atom stereocenters. The quantitative estimate of drug-likeness (QED) is 0.137. The van der Waals surface area contributed by atoms with Crippen LogP contribution in [0, 0.1) is 0 Å². The zero-order valence-corrected chi connectivity index (χ0v) is 20.5. The monoisotopic (exact) mass is 555 g/mol. The predicted molar refractivity (Wildman–Crippen MR) is 124 cm³/mol. The van der Waals surface area contributed by atoms with E-state index < -0.39 is 64.6 Å². The molecule has 5 rings (SSSR count). The van der Waals surface area contributed by atoms with Gasteiger partial charge in [0.1, 0.15) is 17.8 Å². The fraction of sp³-hybridized carbons (Fsp3) is 0.500. The summed E-state index contributed by atoms with van der Waals surface area (Å²) < 4.78 is 45.0. The van der Waals surface area contributed by atoms with E-state index in [9.17, 15) is 37.8 Å². The number of nitrogens with one attached hydrogen (secondary N) is 3. The van der Waals surface area contributed by atoms with Crippen molar-refractivity contribution in [3.05, 3.63) is 29.3 Å². The highest BCUT2D eigenvalue weighted by Gasteiger charge is 2.76. The number of alkyl halides is 3. The highest BCUT2D eigenvalue weighted by atomic mass is 19.4. The summed E-state index contributed by atoms with van der Waals surface area (Å²) in [5.41, 5.74) is 8.63. The summed E-state index contributed by atoms with van der Waals surface area (Å²) in [5, 5.41) is 28.1. The summed E-state index contributed by atoms with van der Waals surface area (Å²) in [5.74, 6) is -5.25. The van der Waals surface area contributed by atoms with Crippen molar-refractivity contribution in [2.45, 2.75) is 48.6 Å². The summed E-state index contributed by atoms with van der Waals surface area (Å²) in [7, 11) is 1.14. The summed E-state index contributed by atoms with van der Waals surface area (Å²) in [6, 6.07) is -1.15. The van der Waals surface area contributed by atoms with E-state index in [2.05, 4.69) is 20.6 Å². The molecule has 1 aromatic rings. The van der Waals surface area contributed by atoms with Gasteiger partial charge in [0, 0.05) is 18.4 Å². The lowest BCUT2D eigenvalue weighted by molar-refractivity contribution is -0.521. The number of guanidine groups is 2. The Morgan fingerprint density at radius 2 is 1.92 bits per heavy atom. The molecule has 14 nitrogen and oxygen atoms in total. The average molecular weight is 555 g/mol. The number of carbonyl (C=O) groups is 3. The number of carbonyl (C=O) groups excluding carboxylic acids is 3. The number of imide groups is 1. The first-order valence-electron chi connectivity index (χ1n) is 11.8. The van der Waals surface area contributed by atoms with Gasteiger partial charge in [-0.25, -0.2) is 10.3 Å². The summed E-state index contributed by atoms with van der Waals surface area (Å²) in [4.78, 5) is 47.0. The van der Waals surface area contributed by atoms with Crippen molar-refractivity contribution >= 4 is 29.6 Å². The maximum absolute atomic E-state index is 13.4. The first-order valence-corrected chi connectivity index (χ1v) is 11.8. The highest BCUT2D eigenvalue weighted by Crippen LogP contribution is 2.41. The molecule has 39 heavy (non-hydrogen) atoms. The van der Waals surface area contributed by atoms with Crippen LogP contribution in [0.5, 0.6) is 5.75 Å². The number of amides is 3. The lowest BCUT2D eigenvalue weighted by atomic mass is 9.84. The van der Waals surface area contributed by atoms with E-state index >= 15 is 0 Å². The third-order valence-electron chi connectivity index (χ3n) is 7.45. The summed E-state index contributed by atoms with van der Waals surface area (Å²) >= 11 is 0. The summed E-state index contributed by atoms with van der Waals surface area (Å²) in [6.45, 7) is -0.561. The van der Waals surface area contributed by atoms with Gasteiger partial charge in [-0.1, -0.05) is 0 Å². The van der Waals surface area contributed by atoms with Crippen molar-refractivity contribution in [2.24, 2.45) is 16.5 Å². The van der Waals surface area contributed by atoms with Gasteiger partial charge in [-0.3, -0.25) is 34.9 Å². The second kappa shape index (κ2) is 8.70.